The van der Waals surface area contributed by atoms with Crippen LogP contribution in [0.1, 0.15) is 40.0 Å². The van der Waals surface area contributed by atoms with Gasteiger partial charge in [0, 0.05) is 13.1 Å². The van der Waals surface area contributed by atoms with Crippen LogP contribution in [0, 0.1) is 11.3 Å². The van der Waals surface area contributed by atoms with Crippen LogP contribution in [-0.4, -0.2) is 26.2 Å². The van der Waals surface area contributed by atoms with E-state index in [2.05, 4.69) is 31.4 Å². The minimum atomic E-state index is 0.492. The number of hydrogen-bond acceptors (Lipinski definition) is 2. The summed E-state index contributed by atoms with van der Waals surface area (Å²) in [5.41, 5.74) is 0.492. The first-order valence-electron chi connectivity index (χ1n) is 6.08. The van der Waals surface area contributed by atoms with Crippen molar-refractivity contribution >= 4 is 0 Å². The quantitative estimate of drug-likeness (QED) is 0.706. The molecule has 0 amide bonds. The Labute approximate surface area is 88.8 Å². The highest BCUT2D eigenvalue weighted by atomic mass is 14.9. The minimum absolute atomic E-state index is 0.492. The summed E-state index contributed by atoms with van der Waals surface area (Å²) in [6, 6.07) is 0. The monoisotopic (exact) mass is 198 g/mol. The normalized spacial score (nSPS) is 30.2. The Kier molecular flexibility index (Phi) is 4.90. The molecule has 0 aliphatic carbocycles. The maximum atomic E-state index is 3.61. The summed E-state index contributed by atoms with van der Waals surface area (Å²) in [4.78, 5) is 0. The van der Waals surface area contributed by atoms with Gasteiger partial charge in [-0.2, -0.15) is 0 Å². The van der Waals surface area contributed by atoms with Crippen LogP contribution in [0.3, 0.4) is 0 Å². The standard InChI is InChI=1S/C12H26N2/c1-4-11(2)8-14-10-12(3)6-5-7-13-9-12/h11,13-14H,4-10H2,1-3H3. The van der Waals surface area contributed by atoms with E-state index in [1.54, 1.807) is 0 Å². The molecule has 0 spiro atoms. The first kappa shape index (κ1) is 12.0. The number of nitrogens with one attached hydrogen (secondary N) is 2. The van der Waals surface area contributed by atoms with Crippen LogP contribution in [0.5, 0.6) is 0 Å². The lowest BCUT2D eigenvalue weighted by Gasteiger charge is -2.34. The van der Waals surface area contributed by atoms with Gasteiger partial charge in [-0.05, 0) is 37.3 Å². The lowest BCUT2D eigenvalue weighted by molar-refractivity contribution is 0.223. The second kappa shape index (κ2) is 5.72. The predicted octanol–water partition coefficient (Wildman–Crippen LogP) is 2.01. The van der Waals surface area contributed by atoms with Crippen molar-refractivity contribution in [2.45, 2.75) is 40.0 Å². The van der Waals surface area contributed by atoms with Gasteiger partial charge in [-0.1, -0.05) is 27.2 Å². The van der Waals surface area contributed by atoms with Crippen LogP contribution in [0.25, 0.3) is 0 Å². The topological polar surface area (TPSA) is 24.1 Å². The zero-order valence-electron chi connectivity index (χ0n) is 10.0. The molecule has 0 aromatic rings. The zero-order valence-corrected chi connectivity index (χ0v) is 10.0. The second-order valence-electron chi connectivity index (χ2n) is 5.24. The molecule has 2 atom stereocenters. The van der Waals surface area contributed by atoms with Gasteiger partial charge in [-0.15, -0.1) is 0 Å². The molecule has 2 nitrogen and oxygen atoms in total. The summed E-state index contributed by atoms with van der Waals surface area (Å²) in [5.74, 6) is 0.815. The van der Waals surface area contributed by atoms with Gasteiger partial charge in [-0.25, -0.2) is 0 Å². The van der Waals surface area contributed by atoms with Crippen LogP contribution in [0.4, 0.5) is 0 Å². The molecule has 0 radical (unpaired) electrons. The molecular weight excluding hydrogens is 172 g/mol. The van der Waals surface area contributed by atoms with E-state index < -0.39 is 0 Å². The van der Waals surface area contributed by atoms with Crippen LogP contribution in [0.2, 0.25) is 0 Å². The first-order valence-corrected chi connectivity index (χ1v) is 6.08. The molecule has 14 heavy (non-hydrogen) atoms. The Morgan fingerprint density at radius 1 is 1.50 bits per heavy atom. The van der Waals surface area contributed by atoms with Crippen molar-refractivity contribution in [3.63, 3.8) is 0 Å². The number of piperidine rings is 1. The number of hydrogen-bond donors (Lipinski definition) is 2. The van der Waals surface area contributed by atoms with Crippen molar-refractivity contribution in [1.29, 1.82) is 0 Å². The molecule has 84 valence electrons. The summed E-state index contributed by atoms with van der Waals surface area (Å²) in [6.45, 7) is 11.7. The van der Waals surface area contributed by atoms with Gasteiger partial charge in [0.1, 0.15) is 0 Å². The molecule has 2 heteroatoms. The van der Waals surface area contributed by atoms with Gasteiger partial charge in [0.25, 0.3) is 0 Å². The minimum Gasteiger partial charge on any atom is -0.316 e. The number of rotatable bonds is 5. The van der Waals surface area contributed by atoms with Gasteiger partial charge in [0.2, 0.25) is 0 Å². The van der Waals surface area contributed by atoms with E-state index in [-0.39, 0.29) is 0 Å². The SMILES string of the molecule is CCC(C)CNCC1(C)CCCNC1. The summed E-state index contributed by atoms with van der Waals surface area (Å²) >= 11 is 0. The largest absolute Gasteiger partial charge is 0.316 e. The third kappa shape index (κ3) is 3.97. The fraction of sp³-hybridized carbons (Fsp3) is 1.00. The van der Waals surface area contributed by atoms with Crippen LogP contribution >= 0.6 is 0 Å². The van der Waals surface area contributed by atoms with Gasteiger partial charge < -0.3 is 10.6 Å². The molecule has 1 rings (SSSR count). The third-order valence-corrected chi connectivity index (χ3v) is 3.43. The maximum absolute atomic E-state index is 3.61. The smallest absolute Gasteiger partial charge is 0.00174 e. The zero-order chi connectivity index (χ0) is 10.4. The summed E-state index contributed by atoms with van der Waals surface area (Å²) in [6.07, 6.45) is 3.98. The van der Waals surface area contributed by atoms with Crippen LogP contribution < -0.4 is 10.6 Å². The van der Waals surface area contributed by atoms with Crippen molar-refractivity contribution in [1.82, 2.24) is 10.6 Å². The molecular formula is C12H26N2. The van der Waals surface area contributed by atoms with Gasteiger partial charge in [-0.3, -0.25) is 0 Å². The van der Waals surface area contributed by atoms with E-state index in [0.29, 0.717) is 5.41 Å². The Morgan fingerprint density at radius 3 is 2.86 bits per heavy atom. The molecule has 0 bridgehead atoms. The lowest BCUT2D eigenvalue weighted by Crippen LogP contribution is -2.45. The summed E-state index contributed by atoms with van der Waals surface area (Å²) in [7, 11) is 0. The average Bonchev–Trinajstić information content (AvgIpc) is 2.18. The molecule has 1 fully saturated rings. The predicted molar refractivity (Wildman–Crippen MR) is 62.5 cm³/mol. The summed E-state index contributed by atoms with van der Waals surface area (Å²) < 4.78 is 0. The highest BCUT2D eigenvalue weighted by Crippen LogP contribution is 2.24. The van der Waals surface area contributed by atoms with Gasteiger partial charge >= 0.3 is 0 Å². The lowest BCUT2D eigenvalue weighted by atomic mass is 9.83. The van der Waals surface area contributed by atoms with Crippen LogP contribution in [0.15, 0.2) is 0 Å². The fourth-order valence-electron chi connectivity index (χ4n) is 2.03. The molecule has 0 aromatic carbocycles. The van der Waals surface area contributed by atoms with Gasteiger partial charge in [0.05, 0.1) is 0 Å². The first-order chi connectivity index (χ1) is 6.66. The molecule has 1 aliphatic rings. The molecule has 1 aliphatic heterocycles. The summed E-state index contributed by atoms with van der Waals surface area (Å²) in [5, 5.41) is 7.09. The van der Waals surface area contributed by atoms with Crippen molar-refractivity contribution in [3.05, 3.63) is 0 Å². The van der Waals surface area contributed by atoms with E-state index in [1.807, 2.05) is 0 Å². The van der Waals surface area contributed by atoms with E-state index in [9.17, 15) is 0 Å². The Bertz CT molecular complexity index is 150. The van der Waals surface area contributed by atoms with Crippen molar-refractivity contribution in [3.8, 4) is 0 Å². The van der Waals surface area contributed by atoms with Crippen molar-refractivity contribution in [2.24, 2.45) is 11.3 Å². The molecule has 0 aromatic heterocycles. The highest BCUT2D eigenvalue weighted by Gasteiger charge is 2.25. The molecule has 2 N–H and O–H groups in total. The second-order valence-corrected chi connectivity index (χ2v) is 5.24. The van der Waals surface area contributed by atoms with E-state index in [0.717, 1.165) is 5.92 Å². The van der Waals surface area contributed by atoms with E-state index in [4.69, 9.17) is 0 Å². The Hall–Kier alpha value is -0.0800. The molecule has 1 heterocycles. The average molecular weight is 198 g/mol. The van der Waals surface area contributed by atoms with Crippen molar-refractivity contribution < 1.29 is 0 Å². The Morgan fingerprint density at radius 2 is 2.29 bits per heavy atom. The Balaban J connectivity index is 2.15. The third-order valence-electron chi connectivity index (χ3n) is 3.43. The highest BCUT2D eigenvalue weighted by molar-refractivity contribution is 4.83. The fourth-order valence-corrected chi connectivity index (χ4v) is 2.03. The molecule has 2 unspecified atom stereocenters. The molecule has 0 saturated carbocycles. The maximum Gasteiger partial charge on any atom is 0.00174 e. The van der Waals surface area contributed by atoms with Crippen LogP contribution in [-0.2, 0) is 0 Å². The van der Waals surface area contributed by atoms with E-state index >= 15 is 0 Å². The van der Waals surface area contributed by atoms with Gasteiger partial charge in [0.15, 0.2) is 0 Å². The van der Waals surface area contributed by atoms with E-state index in [1.165, 1.54) is 45.4 Å². The van der Waals surface area contributed by atoms with Crippen molar-refractivity contribution in [2.75, 3.05) is 26.2 Å². The molecule has 1 saturated heterocycles.